The number of rotatable bonds is 4. The van der Waals surface area contributed by atoms with Crippen LogP contribution in [0.1, 0.15) is 24.0 Å². The lowest BCUT2D eigenvalue weighted by Gasteiger charge is -2.35. The van der Waals surface area contributed by atoms with Crippen molar-refractivity contribution in [3.8, 4) is 0 Å². The summed E-state index contributed by atoms with van der Waals surface area (Å²) in [6.45, 7) is 1.55. The fourth-order valence-electron chi connectivity index (χ4n) is 3.31. The first-order valence-corrected chi connectivity index (χ1v) is 9.44. The highest BCUT2D eigenvalue weighted by molar-refractivity contribution is 7.84. The third kappa shape index (κ3) is 3.16. The largest absolute Gasteiger partial charge is 0.398 e. The van der Waals surface area contributed by atoms with E-state index in [2.05, 4.69) is 4.90 Å². The van der Waals surface area contributed by atoms with Crippen LogP contribution in [-0.2, 0) is 33.5 Å². The molecule has 0 aromatic heterocycles. The van der Waals surface area contributed by atoms with Crippen molar-refractivity contribution in [2.24, 2.45) is 0 Å². The van der Waals surface area contributed by atoms with E-state index in [1.807, 2.05) is 18.2 Å². The third-order valence-electron chi connectivity index (χ3n) is 4.57. The van der Waals surface area contributed by atoms with Crippen LogP contribution in [0.2, 0.25) is 0 Å². The molecule has 23 heavy (non-hydrogen) atoms. The molecule has 2 amide bonds. The molecule has 1 aromatic carbocycles. The number of nitrogen functional groups attached to an aromatic ring is 1. The number of nitrogens with zero attached hydrogens (tertiary/aromatic N) is 2. The van der Waals surface area contributed by atoms with E-state index in [1.165, 1.54) is 4.90 Å². The number of carbonyl (C=O) groups excluding carboxylic acids is 2. The van der Waals surface area contributed by atoms with Crippen LogP contribution in [0, 0.1) is 0 Å². The van der Waals surface area contributed by atoms with Crippen LogP contribution in [0.25, 0.3) is 0 Å². The number of benzene rings is 1. The summed E-state index contributed by atoms with van der Waals surface area (Å²) in [5.74, 6) is 0.00295. The highest BCUT2D eigenvalue weighted by Crippen LogP contribution is 2.31. The molecule has 2 aliphatic rings. The van der Waals surface area contributed by atoms with Gasteiger partial charge < -0.3 is 5.73 Å². The maximum Gasteiger partial charge on any atom is 0.246 e. The lowest BCUT2D eigenvalue weighted by atomic mass is 10.0. The summed E-state index contributed by atoms with van der Waals surface area (Å²) in [6.07, 6.45) is 2.47. The summed E-state index contributed by atoms with van der Waals surface area (Å²) in [4.78, 5) is 28.1. The molecule has 124 valence electrons. The van der Waals surface area contributed by atoms with Crippen molar-refractivity contribution in [2.75, 3.05) is 24.3 Å². The molecule has 2 atom stereocenters. The summed E-state index contributed by atoms with van der Waals surface area (Å²) < 4.78 is 11.3. The molecule has 0 saturated carbocycles. The quantitative estimate of drug-likeness (QED) is 0.639. The van der Waals surface area contributed by atoms with Crippen molar-refractivity contribution >= 4 is 28.3 Å². The van der Waals surface area contributed by atoms with E-state index in [1.54, 1.807) is 6.26 Å². The first-order chi connectivity index (χ1) is 11.0. The number of piperidine rings is 1. The highest BCUT2D eigenvalue weighted by atomic mass is 32.2. The number of likely N-dealkylation sites (tertiary alicyclic amines) is 1. The van der Waals surface area contributed by atoms with Crippen LogP contribution >= 0.6 is 0 Å². The van der Waals surface area contributed by atoms with Crippen LogP contribution in [0.15, 0.2) is 18.2 Å². The Morgan fingerprint density at radius 1 is 1.30 bits per heavy atom. The summed E-state index contributed by atoms with van der Waals surface area (Å²) >= 11 is 0. The Kier molecular flexibility index (Phi) is 4.50. The van der Waals surface area contributed by atoms with Crippen molar-refractivity contribution in [3.05, 3.63) is 29.3 Å². The number of amides is 2. The molecule has 2 heterocycles. The molecule has 6 nitrogen and oxygen atoms in total. The van der Waals surface area contributed by atoms with E-state index in [0.29, 0.717) is 31.7 Å². The number of imide groups is 1. The van der Waals surface area contributed by atoms with Gasteiger partial charge in [-0.15, -0.1) is 0 Å². The molecule has 0 bridgehead atoms. The maximum atomic E-state index is 12.7. The number of hydrogen-bond donors (Lipinski definition) is 1. The van der Waals surface area contributed by atoms with E-state index in [4.69, 9.17) is 5.73 Å². The van der Waals surface area contributed by atoms with Gasteiger partial charge in [-0.3, -0.25) is 23.6 Å². The predicted molar refractivity (Wildman–Crippen MR) is 88.8 cm³/mol. The second kappa shape index (κ2) is 6.41. The summed E-state index contributed by atoms with van der Waals surface area (Å²) in [6, 6.07) is 5.52. The number of fused-ring (bicyclic) bond motifs is 1. The van der Waals surface area contributed by atoms with Gasteiger partial charge in [0.15, 0.2) is 0 Å². The van der Waals surface area contributed by atoms with Crippen LogP contribution in [0.4, 0.5) is 5.69 Å². The first-order valence-electron chi connectivity index (χ1n) is 7.72. The molecular weight excluding hydrogens is 314 g/mol. The topological polar surface area (TPSA) is 83.7 Å². The molecule has 0 spiro atoms. The van der Waals surface area contributed by atoms with Gasteiger partial charge in [0.1, 0.15) is 0 Å². The van der Waals surface area contributed by atoms with Gasteiger partial charge in [-0.2, -0.15) is 0 Å². The lowest BCUT2D eigenvalue weighted by molar-refractivity contribution is -0.152. The SMILES string of the molecule is CS(=O)CCN1C(=O)CCC(N2Cc3cccc(N)c3C2)C1=O. The number of hydrogen-bond acceptors (Lipinski definition) is 5. The lowest BCUT2D eigenvalue weighted by Crippen LogP contribution is -2.54. The predicted octanol–water partition coefficient (Wildman–Crippen LogP) is 0.481. The Bertz CT molecular complexity index is 677. The average molecular weight is 335 g/mol. The van der Waals surface area contributed by atoms with E-state index in [-0.39, 0.29) is 24.4 Å². The van der Waals surface area contributed by atoms with E-state index < -0.39 is 10.8 Å². The van der Waals surface area contributed by atoms with Gasteiger partial charge in [0.2, 0.25) is 11.8 Å². The Morgan fingerprint density at radius 2 is 2.09 bits per heavy atom. The molecule has 7 heteroatoms. The van der Waals surface area contributed by atoms with Crippen molar-refractivity contribution in [1.29, 1.82) is 0 Å². The fourth-order valence-corrected chi connectivity index (χ4v) is 3.75. The molecule has 1 fully saturated rings. The number of carbonyl (C=O) groups is 2. The number of nitrogens with two attached hydrogens (primary N) is 1. The highest BCUT2D eigenvalue weighted by Gasteiger charge is 2.39. The molecule has 0 aliphatic carbocycles. The van der Waals surface area contributed by atoms with Gasteiger partial charge in [0, 0.05) is 54.6 Å². The Morgan fingerprint density at radius 3 is 2.78 bits per heavy atom. The van der Waals surface area contributed by atoms with Crippen molar-refractivity contribution < 1.29 is 13.8 Å². The average Bonchev–Trinajstić information content (AvgIpc) is 2.92. The fraction of sp³-hybridized carbons (Fsp3) is 0.500. The Hall–Kier alpha value is -1.73. The maximum absolute atomic E-state index is 12.7. The van der Waals surface area contributed by atoms with Gasteiger partial charge >= 0.3 is 0 Å². The molecule has 1 aromatic rings. The zero-order valence-corrected chi connectivity index (χ0v) is 14.0. The normalized spacial score (nSPS) is 23.2. The minimum absolute atomic E-state index is 0.159. The molecule has 3 rings (SSSR count). The van der Waals surface area contributed by atoms with E-state index >= 15 is 0 Å². The minimum Gasteiger partial charge on any atom is -0.398 e. The zero-order chi connectivity index (χ0) is 16.6. The van der Waals surface area contributed by atoms with Crippen molar-refractivity contribution in [3.63, 3.8) is 0 Å². The molecule has 0 radical (unpaired) electrons. The Labute approximate surface area is 138 Å². The first kappa shape index (κ1) is 16.1. The van der Waals surface area contributed by atoms with E-state index in [0.717, 1.165) is 16.8 Å². The third-order valence-corrected chi connectivity index (χ3v) is 5.33. The van der Waals surface area contributed by atoms with Crippen LogP contribution in [-0.4, -0.2) is 50.4 Å². The smallest absolute Gasteiger partial charge is 0.246 e. The van der Waals surface area contributed by atoms with Gasteiger partial charge in [-0.05, 0) is 23.6 Å². The second-order valence-corrected chi connectivity index (χ2v) is 7.66. The molecular formula is C16H21N3O3S. The molecule has 2 unspecified atom stereocenters. The van der Waals surface area contributed by atoms with Crippen molar-refractivity contribution in [2.45, 2.75) is 32.0 Å². The zero-order valence-electron chi connectivity index (χ0n) is 13.2. The standard InChI is InChI=1S/C16H21N3O3S/c1-23(22)8-7-19-15(20)6-5-14(16(19)21)18-9-11-3-2-4-13(17)12(11)10-18/h2-4,14H,5-10,17H2,1H3. The number of anilines is 1. The van der Waals surface area contributed by atoms with Gasteiger partial charge in [-0.25, -0.2) is 0 Å². The molecule has 1 saturated heterocycles. The molecule has 2 N–H and O–H groups in total. The van der Waals surface area contributed by atoms with Crippen LogP contribution in [0.3, 0.4) is 0 Å². The van der Waals surface area contributed by atoms with Gasteiger partial charge in [0.25, 0.3) is 0 Å². The summed E-state index contributed by atoms with van der Waals surface area (Å²) in [7, 11) is -1.02. The van der Waals surface area contributed by atoms with E-state index in [9.17, 15) is 13.8 Å². The molecule has 2 aliphatic heterocycles. The van der Waals surface area contributed by atoms with Gasteiger partial charge in [0.05, 0.1) is 6.04 Å². The Balaban J connectivity index is 1.74. The van der Waals surface area contributed by atoms with Crippen LogP contribution in [0.5, 0.6) is 0 Å². The minimum atomic E-state index is -1.02. The monoisotopic (exact) mass is 335 g/mol. The van der Waals surface area contributed by atoms with Gasteiger partial charge in [-0.1, -0.05) is 12.1 Å². The van der Waals surface area contributed by atoms with Crippen LogP contribution < -0.4 is 5.73 Å². The summed E-state index contributed by atoms with van der Waals surface area (Å²) in [5.41, 5.74) is 9.00. The second-order valence-electron chi connectivity index (χ2n) is 6.11. The summed E-state index contributed by atoms with van der Waals surface area (Å²) in [5, 5.41) is 0. The van der Waals surface area contributed by atoms with Crippen molar-refractivity contribution in [1.82, 2.24) is 9.80 Å².